The number of aromatic nitrogens is 2. The van der Waals surface area contributed by atoms with E-state index in [0.29, 0.717) is 34.7 Å². The van der Waals surface area contributed by atoms with E-state index in [-0.39, 0.29) is 11.1 Å². The van der Waals surface area contributed by atoms with Crippen LogP contribution in [0.2, 0.25) is 5.15 Å². The van der Waals surface area contributed by atoms with Crippen LogP contribution in [0.1, 0.15) is 62.5 Å². The molecule has 0 unspecified atom stereocenters. The number of anilines is 2. The number of hydrogen-bond donors (Lipinski definition) is 1. The van der Waals surface area contributed by atoms with Crippen molar-refractivity contribution in [2.24, 2.45) is 13.0 Å². The first kappa shape index (κ1) is 27.1. The SMILES string of the molecule is CN(c1c(C#N)c(=O)n(C)c2ccc(Cl)nc12)C1CCCCC1.Cc1cc2c(cc1NCC1CCC1)OCO2. The van der Waals surface area contributed by atoms with Crippen LogP contribution in [0.4, 0.5) is 11.4 Å². The summed E-state index contributed by atoms with van der Waals surface area (Å²) in [4.78, 5) is 19.0. The van der Waals surface area contributed by atoms with Gasteiger partial charge in [0.2, 0.25) is 6.79 Å². The third-order valence-electron chi connectivity index (χ3n) is 8.29. The lowest BCUT2D eigenvalue weighted by molar-refractivity contribution is 0.174. The van der Waals surface area contributed by atoms with Gasteiger partial charge in [-0.1, -0.05) is 37.3 Å². The van der Waals surface area contributed by atoms with E-state index >= 15 is 0 Å². The predicted octanol–water partition coefficient (Wildman–Crippen LogP) is 6.16. The lowest BCUT2D eigenvalue weighted by Crippen LogP contribution is -2.36. The highest BCUT2D eigenvalue weighted by atomic mass is 35.5. The molecule has 0 spiro atoms. The normalized spacial score (nSPS) is 16.7. The van der Waals surface area contributed by atoms with Gasteiger partial charge in [0.15, 0.2) is 11.5 Å². The average molecular weight is 550 g/mol. The highest BCUT2D eigenvalue weighted by Crippen LogP contribution is 2.37. The summed E-state index contributed by atoms with van der Waals surface area (Å²) >= 11 is 6.07. The fourth-order valence-electron chi connectivity index (χ4n) is 5.65. The number of benzene rings is 1. The van der Waals surface area contributed by atoms with Crippen molar-refractivity contribution in [3.05, 3.63) is 50.9 Å². The number of rotatable bonds is 5. The van der Waals surface area contributed by atoms with Crippen LogP contribution >= 0.6 is 11.6 Å². The summed E-state index contributed by atoms with van der Waals surface area (Å²) in [6, 6.07) is 9.95. The zero-order chi connectivity index (χ0) is 27.5. The molecule has 3 aromatic rings. The van der Waals surface area contributed by atoms with Crippen molar-refractivity contribution in [1.29, 1.82) is 5.26 Å². The maximum absolute atomic E-state index is 12.6. The van der Waals surface area contributed by atoms with E-state index in [1.54, 1.807) is 19.2 Å². The van der Waals surface area contributed by atoms with E-state index in [4.69, 9.17) is 21.1 Å². The maximum atomic E-state index is 12.6. The number of nitrogens with zero attached hydrogens (tertiary/aromatic N) is 4. The van der Waals surface area contributed by atoms with Crippen LogP contribution in [-0.4, -0.2) is 36.0 Å². The van der Waals surface area contributed by atoms with E-state index in [2.05, 4.69) is 34.3 Å². The van der Waals surface area contributed by atoms with Crippen LogP contribution < -0.4 is 25.2 Å². The van der Waals surface area contributed by atoms with Gasteiger partial charge in [0.1, 0.15) is 22.3 Å². The molecular formula is C30H36ClN5O3. The largest absolute Gasteiger partial charge is 0.454 e. The predicted molar refractivity (Wildman–Crippen MR) is 155 cm³/mol. The minimum Gasteiger partial charge on any atom is -0.454 e. The number of nitriles is 1. The van der Waals surface area contributed by atoms with Gasteiger partial charge >= 0.3 is 0 Å². The number of aryl methyl sites for hydroxylation is 2. The Morgan fingerprint density at radius 2 is 1.85 bits per heavy atom. The third kappa shape index (κ3) is 5.65. The number of ether oxygens (including phenoxy) is 2. The monoisotopic (exact) mass is 549 g/mol. The minimum absolute atomic E-state index is 0.142. The van der Waals surface area contributed by atoms with Crippen LogP contribution in [0.25, 0.3) is 11.0 Å². The van der Waals surface area contributed by atoms with Gasteiger partial charge < -0.3 is 24.3 Å². The van der Waals surface area contributed by atoms with Crippen molar-refractivity contribution in [2.45, 2.75) is 64.3 Å². The van der Waals surface area contributed by atoms with Crippen LogP contribution in [0.15, 0.2) is 29.1 Å². The Hall–Kier alpha value is -3.44. The van der Waals surface area contributed by atoms with Crippen LogP contribution in [0, 0.1) is 24.2 Å². The Kier molecular flexibility index (Phi) is 8.18. The number of hydrogen-bond acceptors (Lipinski definition) is 7. The Morgan fingerprint density at radius 1 is 1.13 bits per heavy atom. The van der Waals surface area contributed by atoms with E-state index in [9.17, 15) is 10.1 Å². The van der Waals surface area contributed by atoms with Gasteiger partial charge in [0.05, 0.1) is 11.2 Å². The molecule has 206 valence electrons. The second-order valence-corrected chi connectivity index (χ2v) is 11.2. The standard InChI is InChI=1S/C17H19ClN4O.C13H17NO2/c1-21(11-6-4-3-5-7-11)16-12(10-19)17(23)22(2)13-8-9-14(18)20-15(13)16;1-9-5-12-13(16-8-15-12)6-11(9)14-7-10-3-2-4-10/h8-9,11H,3-7H2,1-2H3;5-6,10,14H,2-4,7-8H2,1H3. The molecule has 2 saturated carbocycles. The molecule has 3 heterocycles. The van der Waals surface area contributed by atoms with Crippen molar-refractivity contribution in [3.63, 3.8) is 0 Å². The smallest absolute Gasteiger partial charge is 0.270 e. The van der Waals surface area contributed by atoms with Gasteiger partial charge in [-0.15, -0.1) is 0 Å². The number of halogens is 1. The fourth-order valence-corrected chi connectivity index (χ4v) is 5.80. The first-order chi connectivity index (χ1) is 18.9. The lowest BCUT2D eigenvalue weighted by Gasteiger charge is -2.33. The zero-order valence-electron chi connectivity index (χ0n) is 22.9. The average Bonchev–Trinajstić information content (AvgIpc) is 3.37. The molecule has 39 heavy (non-hydrogen) atoms. The van der Waals surface area contributed by atoms with Gasteiger partial charge in [-0.05, 0) is 62.3 Å². The molecule has 0 bridgehead atoms. The molecule has 0 radical (unpaired) electrons. The van der Waals surface area contributed by atoms with Crippen molar-refractivity contribution in [1.82, 2.24) is 9.55 Å². The van der Waals surface area contributed by atoms with Gasteiger partial charge in [-0.3, -0.25) is 4.79 Å². The summed E-state index contributed by atoms with van der Waals surface area (Å²) in [5, 5.41) is 13.4. The first-order valence-electron chi connectivity index (χ1n) is 13.8. The second kappa shape index (κ2) is 11.7. The molecular weight excluding hydrogens is 514 g/mol. The van der Waals surface area contributed by atoms with Crippen molar-refractivity contribution < 1.29 is 9.47 Å². The first-order valence-corrected chi connectivity index (χ1v) is 14.2. The summed E-state index contributed by atoms with van der Waals surface area (Å²) in [5.74, 6) is 2.60. The number of fused-ring (bicyclic) bond motifs is 2. The highest BCUT2D eigenvalue weighted by molar-refractivity contribution is 6.29. The molecule has 1 aromatic carbocycles. The van der Waals surface area contributed by atoms with Gasteiger partial charge in [0.25, 0.3) is 5.56 Å². The van der Waals surface area contributed by atoms with Gasteiger partial charge in [-0.25, -0.2) is 4.98 Å². The topological polar surface area (TPSA) is 92.4 Å². The van der Waals surface area contributed by atoms with Crippen molar-refractivity contribution in [3.8, 4) is 17.6 Å². The van der Waals surface area contributed by atoms with Crippen molar-refractivity contribution >= 4 is 34.0 Å². The molecule has 9 heteroatoms. The molecule has 2 aromatic heterocycles. The third-order valence-corrected chi connectivity index (χ3v) is 8.50. The summed E-state index contributed by atoms with van der Waals surface area (Å²) in [5.41, 5.74) is 4.17. The van der Waals surface area contributed by atoms with Crippen molar-refractivity contribution in [2.75, 3.05) is 30.6 Å². The minimum atomic E-state index is -0.290. The van der Waals surface area contributed by atoms with Crippen LogP contribution in [0.3, 0.4) is 0 Å². The lowest BCUT2D eigenvalue weighted by atomic mass is 9.85. The van der Waals surface area contributed by atoms with E-state index < -0.39 is 0 Å². The molecule has 2 aliphatic carbocycles. The summed E-state index contributed by atoms with van der Waals surface area (Å²) in [7, 11) is 3.61. The van der Waals surface area contributed by atoms with Crippen LogP contribution in [0.5, 0.6) is 11.5 Å². The highest BCUT2D eigenvalue weighted by Gasteiger charge is 2.26. The summed E-state index contributed by atoms with van der Waals surface area (Å²) in [6.07, 6.45) is 9.87. The Labute approximate surface area is 234 Å². The molecule has 8 nitrogen and oxygen atoms in total. The Morgan fingerprint density at radius 3 is 2.51 bits per heavy atom. The molecule has 0 atom stereocenters. The Bertz CT molecular complexity index is 1450. The molecule has 2 fully saturated rings. The van der Waals surface area contributed by atoms with Crippen LogP contribution in [-0.2, 0) is 7.05 Å². The summed E-state index contributed by atoms with van der Waals surface area (Å²) in [6.45, 7) is 3.53. The molecule has 3 aliphatic rings. The van der Waals surface area contributed by atoms with E-state index in [1.807, 2.05) is 13.1 Å². The fraction of sp³-hybridized carbons (Fsp3) is 0.500. The second-order valence-electron chi connectivity index (χ2n) is 10.8. The summed E-state index contributed by atoms with van der Waals surface area (Å²) < 4.78 is 12.2. The number of nitrogens with one attached hydrogen (secondary N) is 1. The molecule has 0 saturated heterocycles. The van der Waals surface area contributed by atoms with Gasteiger partial charge in [-0.2, -0.15) is 5.26 Å². The molecule has 6 rings (SSSR count). The molecule has 1 aliphatic heterocycles. The quantitative estimate of drug-likeness (QED) is 0.381. The molecule has 1 N–H and O–H groups in total. The maximum Gasteiger partial charge on any atom is 0.270 e. The Balaban J connectivity index is 0.000000168. The molecule has 0 amide bonds. The zero-order valence-corrected chi connectivity index (χ0v) is 23.7. The van der Waals surface area contributed by atoms with E-state index in [1.165, 1.54) is 54.3 Å². The number of pyridine rings is 2. The van der Waals surface area contributed by atoms with E-state index in [0.717, 1.165) is 36.8 Å². The van der Waals surface area contributed by atoms with Gasteiger partial charge in [0, 0.05) is 38.4 Å².